The van der Waals surface area contributed by atoms with Crippen molar-refractivity contribution in [3.8, 4) is 0 Å². The summed E-state index contributed by atoms with van der Waals surface area (Å²) >= 11 is 0. The number of amides is 2. The first-order chi connectivity index (χ1) is 8.99. The van der Waals surface area contributed by atoms with Gasteiger partial charge in [0.05, 0.1) is 12.7 Å². The van der Waals surface area contributed by atoms with E-state index in [0.717, 1.165) is 11.3 Å². The predicted octanol–water partition coefficient (Wildman–Crippen LogP) is 2.25. The van der Waals surface area contributed by atoms with Gasteiger partial charge in [0.25, 0.3) is 0 Å². The van der Waals surface area contributed by atoms with Crippen LogP contribution in [0.5, 0.6) is 0 Å². The summed E-state index contributed by atoms with van der Waals surface area (Å²) in [5.74, 6) is 0. The smallest absolute Gasteiger partial charge is 0.319 e. The summed E-state index contributed by atoms with van der Waals surface area (Å²) in [4.78, 5) is 11.6. The van der Waals surface area contributed by atoms with Gasteiger partial charge in [-0.1, -0.05) is 12.1 Å². The molecule has 0 saturated heterocycles. The third kappa shape index (κ3) is 6.22. The Morgan fingerprint density at radius 3 is 2.74 bits per heavy atom. The van der Waals surface area contributed by atoms with Gasteiger partial charge in [0.15, 0.2) is 0 Å². The largest absolute Gasteiger partial charge is 0.377 e. The van der Waals surface area contributed by atoms with Crippen molar-refractivity contribution < 1.29 is 9.53 Å². The first-order valence-electron chi connectivity index (χ1n) is 6.51. The molecule has 0 saturated carbocycles. The first kappa shape index (κ1) is 15.5. The Hall–Kier alpha value is -1.59. The van der Waals surface area contributed by atoms with Crippen LogP contribution in [0.3, 0.4) is 0 Å². The van der Waals surface area contributed by atoms with Crippen LogP contribution in [0.2, 0.25) is 0 Å². The van der Waals surface area contributed by atoms with Gasteiger partial charge in [-0.15, -0.1) is 0 Å². The third-order valence-corrected chi connectivity index (χ3v) is 2.51. The molecular weight excluding hydrogens is 242 g/mol. The minimum absolute atomic E-state index is 0.0516. The molecule has 5 nitrogen and oxygen atoms in total. The molecule has 0 aliphatic carbocycles. The molecule has 2 amide bonds. The zero-order valence-electron chi connectivity index (χ0n) is 11.8. The lowest BCUT2D eigenvalue weighted by Crippen LogP contribution is -2.32. The predicted molar refractivity (Wildman–Crippen MR) is 77.2 cm³/mol. The van der Waals surface area contributed by atoms with Crippen molar-refractivity contribution in [3.05, 3.63) is 29.8 Å². The molecule has 0 heterocycles. The molecule has 19 heavy (non-hydrogen) atoms. The summed E-state index contributed by atoms with van der Waals surface area (Å²) < 4.78 is 5.33. The van der Waals surface area contributed by atoms with Crippen molar-refractivity contribution in [1.29, 1.82) is 0 Å². The molecular formula is C14H23N3O2. The molecule has 0 aliphatic rings. The number of rotatable bonds is 6. The second kappa shape index (κ2) is 7.76. The summed E-state index contributed by atoms with van der Waals surface area (Å²) in [7, 11) is 0. The number of carbonyl (C=O) groups excluding carboxylic acids is 1. The standard InChI is InChI=1S/C14H23N3O2/c1-10(2)19-8-7-16-14(18)17-13-6-4-5-12(9-13)11(3)15/h4-6,9-11H,7-8,15H2,1-3H3,(H2,16,17,18). The molecule has 0 aromatic heterocycles. The minimum atomic E-state index is -0.241. The van der Waals surface area contributed by atoms with Crippen molar-refractivity contribution in [2.24, 2.45) is 5.73 Å². The number of carbonyl (C=O) groups is 1. The van der Waals surface area contributed by atoms with Crippen molar-refractivity contribution in [1.82, 2.24) is 5.32 Å². The van der Waals surface area contributed by atoms with Gasteiger partial charge in [-0.05, 0) is 38.5 Å². The summed E-state index contributed by atoms with van der Waals surface area (Å²) in [5, 5.41) is 5.49. The van der Waals surface area contributed by atoms with E-state index in [4.69, 9.17) is 10.5 Å². The molecule has 106 valence electrons. The maximum absolute atomic E-state index is 11.6. The first-order valence-corrected chi connectivity index (χ1v) is 6.51. The van der Waals surface area contributed by atoms with E-state index in [2.05, 4.69) is 10.6 Å². The molecule has 0 aliphatic heterocycles. The number of urea groups is 1. The van der Waals surface area contributed by atoms with Crippen LogP contribution in [0, 0.1) is 0 Å². The van der Waals surface area contributed by atoms with Crippen LogP contribution < -0.4 is 16.4 Å². The van der Waals surface area contributed by atoms with Gasteiger partial charge in [0.1, 0.15) is 0 Å². The van der Waals surface area contributed by atoms with Crippen molar-refractivity contribution in [3.63, 3.8) is 0 Å². The molecule has 0 bridgehead atoms. The van der Waals surface area contributed by atoms with Crippen LogP contribution in [0.1, 0.15) is 32.4 Å². The zero-order valence-corrected chi connectivity index (χ0v) is 11.8. The summed E-state index contributed by atoms with van der Waals surface area (Å²) in [6.45, 7) is 6.81. The Labute approximate surface area is 114 Å². The van der Waals surface area contributed by atoms with E-state index >= 15 is 0 Å². The second-order valence-corrected chi connectivity index (χ2v) is 4.71. The monoisotopic (exact) mass is 265 g/mol. The van der Waals surface area contributed by atoms with Crippen LogP contribution in [0.25, 0.3) is 0 Å². The van der Waals surface area contributed by atoms with Crippen LogP contribution in [0.15, 0.2) is 24.3 Å². The van der Waals surface area contributed by atoms with Crippen LogP contribution in [-0.4, -0.2) is 25.3 Å². The fourth-order valence-corrected chi connectivity index (χ4v) is 1.53. The number of anilines is 1. The Kier molecular flexibility index (Phi) is 6.32. The van der Waals surface area contributed by atoms with Gasteiger partial charge >= 0.3 is 6.03 Å². The van der Waals surface area contributed by atoms with Gasteiger partial charge in [-0.2, -0.15) is 0 Å². The Morgan fingerprint density at radius 1 is 1.37 bits per heavy atom. The number of hydrogen-bond acceptors (Lipinski definition) is 3. The molecule has 0 spiro atoms. The topological polar surface area (TPSA) is 76.4 Å². The summed E-state index contributed by atoms with van der Waals surface area (Å²) in [5.41, 5.74) is 7.52. The Bertz CT molecular complexity index is 405. The molecule has 0 fully saturated rings. The Balaban J connectivity index is 2.37. The van der Waals surface area contributed by atoms with E-state index in [0.29, 0.717) is 13.2 Å². The highest BCUT2D eigenvalue weighted by atomic mass is 16.5. The number of ether oxygens (including phenoxy) is 1. The molecule has 1 rings (SSSR count). The number of nitrogens with one attached hydrogen (secondary N) is 2. The van der Waals surface area contributed by atoms with E-state index < -0.39 is 0 Å². The zero-order chi connectivity index (χ0) is 14.3. The highest BCUT2D eigenvalue weighted by molar-refractivity contribution is 5.89. The van der Waals surface area contributed by atoms with Gasteiger partial charge in [-0.3, -0.25) is 0 Å². The molecule has 4 N–H and O–H groups in total. The normalized spacial score (nSPS) is 12.3. The maximum atomic E-state index is 11.6. The summed E-state index contributed by atoms with van der Waals surface area (Å²) in [6, 6.07) is 7.21. The molecule has 1 atom stereocenters. The lowest BCUT2D eigenvalue weighted by atomic mass is 10.1. The molecule has 0 radical (unpaired) electrons. The van der Waals surface area contributed by atoms with Crippen LogP contribution in [-0.2, 0) is 4.74 Å². The van der Waals surface area contributed by atoms with Crippen molar-refractivity contribution in [2.45, 2.75) is 32.9 Å². The van der Waals surface area contributed by atoms with Crippen molar-refractivity contribution >= 4 is 11.7 Å². The molecule has 1 aromatic rings. The maximum Gasteiger partial charge on any atom is 0.319 e. The molecule has 1 unspecified atom stereocenters. The molecule has 5 heteroatoms. The highest BCUT2D eigenvalue weighted by Gasteiger charge is 2.04. The van der Waals surface area contributed by atoms with Crippen LogP contribution >= 0.6 is 0 Å². The van der Waals surface area contributed by atoms with E-state index in [9.17, 15) is 4.79 Å². The SMILES string of the molecule is CC(C)OCCNC(=O)Nc1cccc(C(C)N)c1. The van der Waals surface area contributed by atoms with Gasteiger partial charge in [0, 0.05) is 18.3 Å². The average molecular weight is 265 g/mol. The quantitative estimate of drug-likeness (QED) is 0.690. The van der Waals surface area contributed by atoms with E-state index in [1.54, 1.807) is 0 Å². The highest BCUT2D eigenvalue weighted by Crippen LogP contribution is 2.15. The van der Waals surface area contributed by atoms with Crippen LogP contribution in [0.4, 0.5) is 10.5 Å². The lowest BCUT2D eigenvalue weighted by molar-refractivity contribution is 0.0820. The van der Waals surface area contributed by atoms with Crippen molar-refractivity contribution in [2.75, 3.05) is 18.5 Å². The number of benzene rings is 1. The van der Waals surface area contributed by atoms with Gasteiger partial charge in [-0.25, -0.2) is 4.79 Å². The second-order valence-electron chi connectivity index (χ2n) is 4.71. The van der Waals surface area contributed by atoms with E-state index in [1.165, 1.54) is 0 Å². The number of nitrogens with two attached hydrogens (primary N) is 1. The molecule has 1 aromatic carbocycles. The van der Waals surface area contributed by atoms with E-state index in [-0.39, 0.29) is 18.2 Å². The van der Waals surface area contributed by atoms with E-state index in [1.807, 2.05) is 45.0 Å². The fraction of sp³-hybridized carbons (Fsp3) is 0.500. The number of hydrogen-bond donors (Lipinski definition) is 3. The third-order valence-electron chi connectivity index (χ3n) is 2.51. The van der Waals surface area contributed by atoms with Gasteiger partial charge < -0.3 is 21.1 Å². The average Bonchev–Trinajstić information content (AvgIpc) is 2.34. The Morgan fingerprint density at radius 2 is 2.11 bits per heavy atom. The lowest BCUT2D eigenvalue weighted by Gasteiger charge is -2.11. The minimum Gasteiger partial charge on any atom is -0.377 e. The van der Waals surface area contributed by atoms with Gasteiger partial charge in [0.2, 0.25) is 0 Å². The summed E-state index contributed by atoms with van der Waals surface area (Å²) in [6.07, 6.45) is 0.174. The fourth-order valence-electron chi connectivity index (χ4n) is 1.53.